The minimum absolute atomic E-state index is 0.0110. The number of carbonyl (C=O) groups is 3. The van der Waals surface area contributed by atoms with E-state index in [-0.39, 0.29) is 42.4 Å². The highest BCUT2D eigenvalue weighted by Gasteiger charge is 2.49. The van der Waals surface area contributed by atoms with Crippen LogP contribution in [0.5, 0.6) is 0 Å². The normalized spacial score (nSPS) is 24.9. The highest BCUT2D eigenvalue weighted by atomic mass is 16.5. The molecule has 3 aliphatic carbocycles. The van der Waals surface area contributed by atoms with Crippen molar-refractivity contribution < 1.29 is 24.2 Å². The maximum absolute atomic E-state index is 12.4. The van der Waals surface area contributed by atoms with Crippen LogP contribution < -0.4 is 10.6 Å². The zero-order chi connectivity index (χ0) is 24.5. The van der Waals surface area contributed by atoms with Gasteiger partial charge in [0.25, 0.3) is 0 Å². The van der Waals surface area contributed by atoms with E-state index >= 15 is 0 Å². The summed E-state index contributed by atoms with van der Waals surface area (Å²) in [5.41, 5.74) is 4.71. The van der Waals surface area contributed by atoms with Gasteiger partial charge in [0.05, 0.1) is 5.92 Å². The largest absolute Gasteiger partial charge is 0.481 e. The minimum Gasteiger partial charge on any atom is -0.481 e. The molecule has 2 fully saturated rings. The van der Waals surface area contributed by atoms with Crippen molar-refractivity contribution in [2.75, 3.05) is 6.61 Å². The van der Waals surface area contributed by atoms with Crippen molar-refractivity contribution >= 4 is 18.0 Å². The Morgan fingerprint density at radius 1 is 1.00 bits per heavy atom. The molecule has 0 aliphatic heterocycles. The lowest BCUT2D eigenvalue weighted by Gasteiger charge is -2.40. The fraction of sp³-hybridized carbons (Fsp3) is 0.464. The molecule has 3 aliphatic rings. The quantitative estimate of drug-likeness (QED) is 0.527. The molecule has 5 atom stereocenters. The van der Waals surface area contributed by atoms with Crippen LogP contribution in [0.2, 0.25) is 0 Å². The number of benzene rings is 2. The Labute approximate surface area is 205 Å². The van der Waals surface area contributed by atoms with Crippen molar-refractivity contribution in [3.05, 3.63) is 59.7 Å². The number of rotatable bonds is 8. The van der Waals surface area contributed by atoms with Gasteiger partial charge in [-0.25, -0.2) is 4.79 Å². The Hall–Kier alpha value is -3.35. The SMILES string of the molecule is CC(CCC(=O)NC1CC2CC(C(=O)O)CC21)NC(=O)OCC1c2ccccc2-c2ccccc21. The van der Waals surface area contributed by atoms with Crippen LogP contribution in [-0.2, 0) is 14.3 Å². The molecule has 0 aromatic heterocycles. The van der Waals surface area contributed by atoms with Gasteiger partial charge in [0, 0.05) is 24.4 Å². The highest BCUT2D eigenvalue weighted by molar-refractivity contribution is 5.79. The monoisotopic (exact) mass is 476 g/mol. The lowest BCUT2D eigenvalue weighted by molar-refractivity contribution is -0.141. The number of alkyl carbamates (subject to hydrolysis) is 1. The standard InChI is InChI=1S/C28H32N2O5/c1-16(10-11-26(31)30-25-14-17-12-18(27(32)33)13-23(17)25)29-28(34)35-15-24-21-8-4-2-6-19(21)20-7-3-5-9-22(20)24/h2-9,16-18,23-25H,10-15H2,1H3,(H,29,34)(H,30,31)(H,32,33). The molecule has 2 saturated carbocycles. The van der Waals surface area contributed by atoms with Crippen molar-refractivity contribution in [1.82, 2.24) is 10.6 Å². The first-order chi connectivity index (χ1) is 16.9. The van der Waals surface area contributed by atoms with Crippen LogP contribution in [-0.4, -0.2) is 41.8 Å². The molecular weight excluding hydrogens is 444 g/mol. The lowest BCUT2D eigenvalue weighted by Crippen LogP contribution is -2.50. The van der Waals surface area contributed by atoms with Gasteiger partial charge in [0.1, 0.15) is 6.61 Å². The van der Waals surface area contributed by atoms with Crippen LogP contribution in [0, 0.1) is 17.8 Å². The number of amides is 2. The van der Waals surface area contributed by atoms with Crippen molar-refractivity contribution in [1.29, 1.82) is 0 Å². The summed E-state index contributed by atoms with van der Waals surface area (Å²) in [6.45, 7) is 2.12. The summed E-state index contributed by atoms with van der Waals surface area (Å²) in [5.74, 6) is -0.316. The fourth-order valence-corrected chi connectivity index (χ4v) is 6.13. The number of hydrogen-bond donors (Lipinski definition) is 3. The molecule has 0 spiro atoms. The number of aliphatic carboxylic acids is 1. The first-order valence-electron chi connectivity index (χ1n) is 12.5. The van der Waals surface area contributed by atoms with Crippen molar-refractivity contribution in [3.8, 4) is 11.1 Å². The third-order valence-corrected chi connectivity index (χ3v) is 8.03. The molecule has 5 rings (SSSR count). The van der Waals surface area contributed by atoms with Crippen LogP contribution in [0.25, 0.3) is 11.1 Å². The van der Waals surface area contributed by atoms with E-state index in [0.29, 0.717) is 25.2 Å². The minimum atomic E-state index is -0.724. The van der Waals surface area contributed by atoms with Crippen LogP contribution >= 0.6 is 0 Å². The number of nitrogens with one attached hydrogen (secondary N) is 2. The average molecular weight is 477 g/mol. The average Bonchev–Trinajstić information content (AvgIpc) is 3.35. The number of ether oxygens (including phenoxy) is 1. The van der Waals surface area contributed by atoms with Crippen molar-refractivity contribution in [3.63, 3.8) is 0 Å². The molecule has 3 N–H and O–H groups in total. The maximum Gasteiger partial charge on any atom is 0.407 e. The summed E-state index contributed by atoms with van der Waals surface area (Å²) < 4.78 is 5.59. The Morgan fingerprint density at radius 3 is 2.31 bits per heavy atom. The van der Waals surface area contributed by atoms with E-state index in [1.807, 2.05) is 31.2 Å². The predicted octanol–water partition coefficient (Wildman–Crippen LogP) is 4.31. The molecule has 0 bridgehead atoms. The first-order valence-corrected chi connectivity index (χ1v) is 12.5. The van der Waals surface area contributed by atoms with Gasteiger partial charge < -0.3 is 20.5 Å². The number of fused-ring (bicyclic) bond motifs is 4. The zero-order valence-corrected chi connectivity index (χ0v) is 19.9. The maximum atomic E-state index is 12.4. The summed E-state index contributed by atoms with van der Waals surface area (Å²) >= 11 is 0. The van der Waals surface area contributed by atoms with E-state index in [9.17, 15) is 19.5 Å². The smallest absolute Gasteiger partial charge is 0.407 e. The molecular formula is C28H32N2O5. The Kier molecular flexibility index (Phi) is 6.50. The van der Waals surface area contributed by atoms with E-state index in [2.05, 4.69) is 34.9 Å². The van der Waals surface area contributed by atoms with Crippen molar-refractivity contribution in [2.24, 2.45) is 17.8 Å². The van der Waals surface area contributed by atoms with E-state index in [1.165, 1.54) is 22.3 Å². The molecule has 2 aromatic rings. The van der Waals surface area contributed by atoms with Crippen LogP contribution in [0.15, 0.2) is 48.5 Å². The van der Waals surface area contributed by atoms with Gasteiger partial charge in [0.2, 0.25) is 5.91 Å². The molecule has 184 valence electrons. The van der Waals surface area contributed by atoms with Gasteiger partial charge in [-0.1, -0.05) is 48.5 Å². The highest BCUT2D eigenvalue weighted by Crippen LogP contribution is 2.49. The van der Waals surface area contributed by atoms with Gasteiger partial charge in [-0.2, -0.15) is 0 Å². The number of carbonyl (C=O) groups excluding carboxylic acids is 2. The Morgan fingerprint density at radius 2 is 1.66 bits per heavy atom. The number of carboxylic acids is 1. The molecule has 7 heteroatoms. The predicted molar refractivity (Wildman–Crippen MR) is 131 cm³/mol. The van der Waals surface area contributed by atoms with Gasteiger partial charge in [-0.3, -0.25) is 9.59 Å². The van der Waals surface area contributed by atoms with Gasteiger partial charge >= 0.3 is 12.1 Å². The third kappa shape index (κ3) is 4.77. The van der Waals surface area contributed by atoms with Gasteiger partial charge in [-0.15, -0.1) is 0 Å². The lowest BCUT2D eigenvalue weighted by atomic mass is 9.71. The second-order valence-corrected chi connectivity index (χ2v) is 10.2. The van der Waals surface area contributed by atoms with Gasteiger partial charge in [0.15, 0.2) is 0 Å². The fourth-order valence-electron chi connectivity index (χ4n) is 6.13. The second-order valence-electron chi connectivity index (χ2n) is 10.2. The zero-order valence-electron chi connectivity index (χ0n) is 19.9. The number of hydrogen-bond acceptors (Lipinski definition) is 4. The Balaban J connectivity index is 1.05. The molecule has 0 heterocycles. The second kappa shape index (κ2) is 9.72. The molecule has 2 amide bonds. The summed E-state index contributed by atoms with van der Waals surface area (Å²) in [7, 11) is 0. The molecule has 35 heavy (non-hydrogen) atoms. The molecule has 0 saturated heterocycles. The molecule has 7 nitrogen and oxygen atoms in total. The van der Waals surface area contributed by atoms with Gasteiger partial charge in [-0.05, 0) is 66.7 Å². The first kappa shape index (κ1) is 23.4. The third-order valence-electron chi connectivity index (χ3n) is 8.03. The summed E-state index contributed by atoms with van der Waals surface area (Å²) in [6.07, 6.45) is 2.59. The summed E-state index contributed by atoms with van der Waals surface area (Å²) in [6, 6.07) is 16.3. The van der Waals surface area contributed by atoms with E-state index in [4.69, 9.17) is 4.74 Å². The van der Waals surface area contributed by atoms with Crippen LogP contribution in [0.3, 0.4) is 0 Å². The summed E-state index contributed by atoms with van der Waals surface area (Å²) in [5, 5.41) is 15.1. The van der Waals surface area contributed by atoms with E-state index < -0.39 is 12.1 Å². The van der Waals surface area contributed by atoms with E-state index in [1.54, 1.807) is 0 Å². The van der Waals surface area contributed by atoms with Crippen LogP contribution in [0.1, 0.15) is 56.1 Å². The summed E-state index contributed by atoms with van der Waals surface area (Å²) in [4.78, 5) is 36.1. The Bertz CT molecular complexity index is 1090. The molecule has 0 radical (unpaired) electrons. The molecule has 5 unspecified atom stereocenters. The van der Waals surface area contributed by atoms with Crippen LogP contribution in [0.4, 0.5) is 4.79 Å². The van der Waals surface area contributed by atoms with Crippen molar-refractivity contribution in [2.45, 2.75) is 57.0 Å². The molecule has 2 aromatic carbocycles. The van der Waals surface area contributed by atoms with E-state index in [0.717, 1.165) is 12.8 Å². The number of carboxylic acid groups (broad SMARTS) is 1. The topological polar surface area (TPSA) is 105 Å².